The van der Waals surface area contributed by atoms with Crippen molar-refractivity contribution in [1.29, 1.82) is 0 Å². The monoisotopic (exact) mass is 431 g/mol. The minimum Gasteiger partial charge on any atom is -0.444 e. The van der Waals surface area contributed by atoms with Crippen LogP contribution in [0.3, 0.4) is 0 Å². The van der Waals surface area contributed by atoms with Gasteiger partial charge in [-0.1, -0.05) is 30.3 Å². The summed E-state index contributed by atoms with van der Waals surface area (Å²) >= 11 is 0. The molecule has 0 saturated heterocycles. The van der Waals surface area contributed by atoms with E-state index >= 15 is 0 Å². The van der Waals surface area contributed by atoms with Gasteiger partial charge in [-0.25, -0.2) is 4.79 Å². The molecule has 0 fully saturated rings. The van der Waals surface area contributed by atoms with Gasteiger partial charge in [0.25, 0.3) is 11.8 Å². The highest BCUT2D eigenvalue weighted by Crippen LogP contribution is 2.19. The van der Waals surface area contributed by atoms with Crippen LogP contribution in [0, 0.1) is 0 Å². The van der Waals surface area contributed by atoms with Crippen LogP contribution in [0.4, 0.5) is 21.9 Å². The Labute approximate surface area is 186 Å². The maximum atomic E-state index is 12.7. The summed E-state index contributed by atoms with van der Waals surface area (Å²) in [5.74, 6) is -0.598. The van der Waals surface area contributed by atoms with Gasteiger partial charge in [0.1, 0.15) is 5.60 Å². The highest BCUT2D eigenvalue weighted by atomic mass is 16.6. The van der Waals surface area contributed by atoms with E-state index in [9.17, 15) is 14.4 Å². The Kier molecular flexibility index (Phi) is 6.90. The third-order valence-corrected chi connectivity index (χ3v) is 4.18. The van der Waals surface area contributed by atoms with Gasteiger partial charge in [0.05, 0.1) is 0 Å². The lowest BCUT2D eigenvalue weighted by Crippen LogP contribution is -2.27. The highest BCUT2D eigenvalue weighted by molar-refractivity contribution is 6.07. The van der Waals surface area contributed by atoms with Gasteiger partial charge < -0.3 is 15.4 Å². The molecule has 7 nitrogen and oxygen atoms in total. The first-order valence-electron chi connectivity index (χ1n) is 10.1. The Bertz CT molecular complexity index is 1120. The topological polar surface area (TPSA) is 96.5 Å². The van der Waals surface area contributed by atoms with Gasteiger partial charge in [-0.2, -0.15) is 0 Å². The van der Waals surface area contributed by atoms with Crippen LogP contribution in [0.1, 0.15) is 41.5 Å². The van der Waals surface area contributed by atoms with Gasteiger partial charge in [0, 0.05) is 28.2 Å². The molecule has 0 unspecified atom stereocenters. The number of carbonyl (C=O) groups excluding carboxylic acids is 3. The molecule has 32 heavy (non-hydrogen) atoms. The van der Waals surface area contributed by atoms with Crippen molar-refractivity contribution in [2.24, 2.45) is 0 Å². The number of hydrogen-bond acceptors (Lipinski definition) is 4. The Morgan fingerprint density at radius 2 is 1.12 bits per heavy atom. The molecule has 0 aromatic heterocycles. The summed E-state index contributed by atoms with van der Waals surface area (Å²) in [6.45, 7) is 5.31. The van der Waals surface area contributed by atoms with Crippen LogP contribution in [0.2, 0.25) is 0 Å². The second-order valence-corrected chi connectivity index (χ2v) is 8.06. The zero-order valence-corrected chi connectivity index (χ0v) is 18.1. The van der Waals surface area contributed by atoms with Crippen molar-refractivity contribution >= 4 is 35.0 Å². The average Bonchev–Trinajstić information content (AvgIpc) is 2.73. The summed E-state index contributed by atoms with van der Waals surface area (Å²) in [4.78, 5) is 37.0. The molecule has 3 aromatic rings. The number of ether oxygens (including phenoxy) is 1. The van der Waals surface area contributed by atoms with E-state index in [1.807, 2.05) is 6.07 Å². The molecule has 164 valence electrons. The lowest BCUT2D eigenvalue weighted by Gasteiger charge is -2.19. The van der Waals surface area contributed by atoms with Crippen molar-refractivity contribution in [1.82, 2.24) is 0 Å². The van der Waals surface area contributed by atoms with Gasteiger partial charge in [-0.3, -0.25) is 14.9 Å². The number of carbonyl (C=O) groups is 3. The van der Waals surface area contributed by atoms with Gasteiger partial charge >= 0.3 is 6.09 Å². The van der Waals surface area contributed by atoms with Gasteiger partial charge in [-0.05, 0) is 69.3 Å². The number of nitrogens with one attached hydrogen (secondary N) is 3. The summed E-state index contributed by atoms with van der Waals surface area (Å²) < 4.78 is 5.23. The van der Waals surface area contributed by atoms with E-state index in [0.717, 1.165) is 0 Å². The predicted octanol–water partition coefficient (Wildman–Crippen LogP) is 5.54. The van der Waals surface area contributed by atoms with Crippen LogP contribution >= 0.6 is 0 Å². The number of rotatable bonds is 5. The Morgan fingerprint density at radius 1 is 0.625 bits per heavy atom. The van der Waals surface area contributed by atoms with E-state index < -0.39 is 11.7 Å². The molecule has 7 heteroatoms. The fourth-order valence-electron chi connectivity index (χ4n) is 2.83. The lowest BCUT2D eigenvalue weighted by atomic mass is 10.1. The van der Waals surface area contributed by atoms with Crippen LogP contribution in [0.5, 0.6) is 0 Å². The maximum absolute atomic E-state index is 12.7. The second-order valence-electron chi connectivity index (χ2n) is 8.06. The third kappa shape index (κ3) is 6.70. The normalized spacial score (nSPS) is 10.7. The van der Waals surface area contributed by atoms with E-state index in [1.165, 1.54) is 0 Å². The van der Waals surface area contributed by atoms with Gasteiger partial charge in [0.2, 0.25) is 0 Å². The van der Waals surface area contributed by atoms with Crippen molar-refractivity contribution in [3.63, 3.8) is 0 Å². The van der Waals surface area contributed by atoms with Crippen molar-refractivity contribution in [2.45, 2.75) is 26.4 Å². The maximum Gasteiger partial charge on any atom is 0.412 e. The average molecular weight is 431 g/mol. The molecular weight excluding hydrogens is 406 g/mol. The summed E-state index contributed by atoms with van der Waals surface area (Å²) in [6, 6.07) is 22.2. The molecule has 0 radical (unpaired) electrons. The third-order valence-electron chi connectivity index (χ3n) is 4.18. The largest absolute Gasteiger partial charge is 0.444 e. The zero-order chi connectivity index (χ0) is 23.1. The van der Waals surface area contributed by atoms with Crippen LogP contribution < -0.4 is 16.0 Å². The summed E-state index contributed by atoms with van der Waals surface area (Å²) in [7, 11) is 0. The van der Waals surface area contributed by atoms with Crippen LogP contribution in [0.15, 0.2) is 78.9 Å². The summed E-state index contributed by atoms with van der Waals surface area (Å²) in [6.07, 6.45) is -0.600. The van der Waals surface area contributed by atoms with Crippen molar-refractivity contribution in [3.05, 3.63) is 90.0 Å². The molecule has 0 aliphatic carbocycles. The molecule has 3 N–H and O–H groups in total. The first-order chi connectivity index (χ1) is 15.2. The molecule has 0 spiro atoms. The van der Waals surface area contributed by atoms with Gasteiger partial charge in [0.15, 0.2) is 0 Å². The molecule has 0 aliphatic rings. The van der Waals surface area contributed by atoms with Crippen LogP contribution in [-0.4, -0.2) is 23.5 Å². The lowest BCUT2D eigenvalue weighted by molar-refractivity contribution is 0.0635. The van der Waals surface area contributed by atoms with Crippen molar-refractivity contribution < 1.29 is 19.1 Å². The fourth-order valence-corrected chi connectivity index (χ4v) is 2.83. The van der Waals surface area contributed by atoms with Crippen LogP contribution in [0.25, 0.3) is 0 Å². The second kappa shape index (κ2) is 9.78. The van der Waals surface area contributed by atoms with Crippen molar-refractivity contribution in [2.75, 3.05) is 16.0 Å². The smallest absolute Gasteiger partial charge is 0.412 e. The van der Waals surface area contributed by atoms with Crippen LogP contribution in [-0.2, 0) is 4.74 Å². The van der Waals surface area contributed by atoms with E-state index in [4.69, 9.17) is 4.74 Å². The Morgan fingerprint density at radius 3 is 1.72 bits per heavy atom. The SMILES string of the molecule is CC(C)(C)OC(=O)Nc1cccc(C(=O)Nc2cccc(NC(=O)c3ccccc3)c2)c1. The number of anilines is 3. The van der Waals surface area contributed by atoms with E-state index in [1.54, 1.807) is 93.6 Å². The Balaban J connectivity index is 1.65. The molecular formula is C25H25N3O4. The Hall–Kier alpha value is -4.13. The first kappa shape index (κ1) is 22.6. The first-order valence-corrected chi connectivity index (χ1v) is 10.1. The van der Waals surface area contributed by atoms with E-state index in [0.29, 0.717) is 28.2 Å². The molecule has 0 heterocycles. The number of benzene rings is 3. The molecule has 0 aliphatic heterocycles. The highest BCUT2D eigenvalue weighted by Gasteiger charge is 2.17. The standard InChI is InChI=1S/C25H25N3O4/c1-25(2,3)32-24(31)28-19-12-7-11-18(15-19)23(30)27-21-14-8-13-20(16-21)26-22(29)17-9-5-4-6-10-17/h4-16H,1-3H3,(H,26,29)(H,27,30)(H,28,31). The van der Waals surface area contributed by atoms with Gasteiger partial charge in [-0.15, -0.1) is 0 Å². The number of amides is 3. The molecule has 0 atom stereocenters. The quantitative estimate of drug-likeness (QED) is 0.494. The molecule has 0 bridgehead atoms. The van der Waals surface area contributed by atoms with Crippen molar-refractivity contribution in [3.8, 4) is 0 Å². The van der Waals surface area contributed by atoms with E-state index in [-0.39, 0.29) is 11.8 Å². The summed E-state index contributed by atoms with van der Waals surface area (Å²) in [5, 5.41) is 8.22. The molecule has 3 amide bonds. The number of hydrogen-bond donors (Lipinski definition) is 3. The fraction of sp³-hybridized carbons (Fsp3) is 0.160. The zero-order valence-electron chi connectivity index (χ0n) is 18.1. The minimum absolute atomic E-state index is 0.241. The minimum atomic E-state index is -0.625. The molecule has 0 saturated carbocycles. The molecule has 3 aromatic carbocycles. The van der Waals surface area contributed by atoms with E-state index in [2.05, 4.69) is 16.0 Å². The molecule has 3 rings (SSSR count). The predicted molar refractivity (Wildman–Crippen MR) is 125 cm³/mol. The summed E-state index contributed by atoms with van der Waals surface area (Å²) in [5.41, 5.74) is 1.78.